The van der Waals surface area contributed by atoms with Gasteiger partial charge in [0, 0.05) is 32.2 Å². The van der Waals surface area contributed by atoms with Gasteiger partial charge in [-0.05, 0) is 53.1 Å². The van der Waals surface area contributed by atoms with Gasteiger partial charge in [-0.25, -0.2) is 0 Å². The first-order valence-electron chi connectivity index (χ1n) is 10.6. The maximum atomic E-state index is 6.93. The monoisotopic (exact) mass is 428 g/mol. The van der Waals surface area contributed by atoms with Crippen molar-refractivity contribution in [1.29, 1.82) is 0 Å². The topological polar surface area (TPSA) is 13.1 Å². The number of para-hydroxylation sites is 1. The molecule has 2 aliphatic carbocycles. The molecule has 1 spiro atoms. The second-order valence-corrected chi connectivity index (χ2v) is 9.51. The molecule has 0 unspecified atom stereocenters. The molecule has 1 aromatic heterocycles. The molecule has 5 aromatic rings. The molecule has 0 radical (unpaired) electrons. The van der Waals surface area contributed by atoms with E-state index in [4.69, 9.17) is 27.6 Å². The Morgan fingerprint density at radius 2 is 1.33 bits per heavy atom. The summed E-state index contributed by atoms with van der Waals surface area (Å²) in [6, 6.07) is 21.1. The third-order valence-electron chi connectivity index (χ3n) is 7.33. The van der Waals surface area contributed by atoms with Gasteiger partial charge in [-0.1, -0.05) is 78.5 Å². The number of hydrogen-bond acceptors (Lipinski definition) is 1. The highest BCUT2D eigenvalue weighted by Crippen LogP contribution is 2.61. The minimum atomic E-state index is -0.0187. The Morgan fingerprint density at radius 3 is 2.13 bits per heavy atom. The van der Waals surface area contributed by atoms with Crippen LogP contribution in [0.25, 0.3) is 43.8 Å². The van der Waals surface area contributed by atoms with Gasteiger partial charge >= 0.3 is 0 Å². The molecule has 7 rings (SSSR count). The highest BCUT2D eigenvalue weighted by molar-refractivity contribution is 6.39. The molecule has 3 heteroatoms. The van der Waals surface area contributed by atoms with Crippen LogP contribution in [-0.2, 0) is 5.41 Å². The first-order valence-corrected chi connectivity index (χ1v) is 11.3. The third-order valence-corrected chi connectivity index (χ3v) is 7.94. The number of furan rings is 1. The van der Waals surface area contributed by atoms with Crippen molar-refractivity contribution in [2.75, 3.05) is 0 Å². The summed E-state index contributed by atoms with van der Waals surface area (Å²) in [5.74, 6) is 0. The summed E-state index contributed by atoms with van der Waals surface area (Å²) in [5.41, 5.74) is 6.95. The SMILES string of the molecule is Clc1cc2c(c3ccccc13)-c1c(cc(Cl)c3c1oc1ccccc13)C21CCCC1. The highest BCUT2D eigenvalue weighted by Gasteiger charge is 2.47. The molecule has 1 fully saturated rings. The molecule has 1 nitrogen and oxygen atoms in total. The van der Waals surface area contributed by atoms with Gasteiger partial charge in [0.05, 0.1) is 5.02 Å². The highest BCUT2D eigenvalue weighted by atomic mass is 35.5. The van der Waals surface area contributed by atoms with E-state index in [1.54, 1.807) is 0 Å². The predicted molar refractivity (Wildman–Crippen MR) is 126 cm³/mol. The second-order valence-electron chi connectivity index (χ2n) is 8.70. The van der Waals surface area contributed by atoms with E-state index < -0.39 is 0 Å². The van der Waals surface area contributed by atoms with Crippen LogP contribution in [0.2, 0.25) is 10.0 Å². The summed E-state index contributed by atoms with van der Waals surface area (Å²) in [6.07, 6.45) is 4.70. The zero-order valence-corrected chi connectivity index (χ0v) is 17.8. The van der Waals surface area contributed by atoms with E-state index in [1.165, 1.54) is 40.5 Å². The fraction of sp³-hybridized carbons (Fsp3) is 0.185. The number of benzene rings is 4. The van der Waals surface area contributed by atoms with Gasteiger partial charge < -0.3 is 4.42 Å². The summed E-state index contributed by atoms with van der Waals surface area (Å²) in [6.45, 7) is 0. The zero-order chi connectivity index (χ0) is 20.0. The number of hydrogen-bond donors (Lipinski definition) is 0. The molecule has 2 aliphatic rings. The Balaban J connectivity index is 1.75. The van der Waals surface area contributed by atoms with Gasteiger partial charge in [0.25, 0.3) is 0 Å². The molecular formula is C27H18Cl2O. The lowest BCUT2D eigenvalue weighted by Crippen LogP contribution is -2.20. The molecule has 4 aromatic carbocycles. The summed E-state index contributed by atoms with van der Waals surface area (Å²) in [5, 5.41) is 6.00. The molecule has 30 heavy (non-hydrogen) atoms. The van der Waals surface area contributed by atoms with Crippen molar-refractivity contribution in [2.45, 2.75) is 31.1 Å². The van der Waals surface area contributed by atoms with Crippen molar-refractivity contribution in [2.24, 2.45) is 0 Å². The normalized spacial score (nSPS) is 16.7. The maximum absolute atomic E-state index is 6.93. The van der Waals surface area contributed by atoms with Crippen molar-refractivity contribution in [1.82, 2.24) is 0 Å². The summed E-state index contributed by atoms with van der Waals surface area (Å²) < 4.78 is 6.50. The Labute approximate surface area is 184 Å². The van der Waals surface area contributed by atoms with E-state index in [0.717, 1.165) is 50.2 Å². The quantitative estimate of drug-likeness (QED) is 0.240. The first-order chi connectivity index (χ1) is 14.7. The Bertz CT molecular complexity index is 1520. The molecule has 0 aliphatic heterocycles. The van der Waals surface area contributed by atoms with Crippen LogP contribution >= 0.6 is 23.2 Å². The Hall–Kier alpha value is -2.48. The lowest BCUT2D eigenvalue weighted by Gasteiger charge is -2.27. The van der Waals surface area contributed by atoms with Crippen LogP contribution in [0.15, 0.2) is 65.1 Å². The molecule has 1 saturated carbocycles. The number of rotatable bonds is 0. The van der Waals surface area contributed by atoms with Gasteiger partial charge in [-0.15, -0.1) is 0 Å². The van der Waals surface area contributed by atoms with Crippen LogP contribution in [0, 0.1) is 0 Å². The molecule has 0 saturated heterocycles. The number of halogens is 2. The van der Waals surface area contributed by atoms with Crippen LogP contribution in [0.5, 0.6) is 0 Å². The van der Waals surface area contributed by atoms with Crippen molar-refractivity contribution < 1.29 is 4.42 Å². The lowest BCUT2D eigenvalue weighted by molar-refractivity contribution is 0.550. The minimum Gasteiger partial charge on any atom is -0.455 e. The predicted octanol–water partition coefficient (Wildman–Crippen LogP) is 8.89. The molecule has 146 valence electrons. The van der Waals surface area contributed by atoms with E-state index in [-0.39, 0.29) is 5.41 Å². The van der Waals surface area contributed by atoms with E-state index in [2.05, 4.69) is 42.5 Å². The van der Waals surface area contributed by atoms with E-state index >= 15 is 0 Å². The van der Waals surface area contributed by atoms with Crippen LogP contribution in [0.1, 0.15) is 36.8 Å². The van der Waals surface area contributed by atoms with Crippen molar-refractivity contribution in [3.05, 3.63) is 81.8 Å². The summed E-state index contributed by atoms with van der Waals surface area (Å²) >= 11 is 13.7. The second kappa shape index (κ2) is 5.81. The van der Waals surface area contributed by atoms with Crippen molar-refractivity contribution >= 4 is 55.9 Å². The van der Waals surface area contributed by atoms with Gasteiger partial charge in [0.1, 0.15) is 11.2 Å². The first kappa shape index (κ1) is 17.2. The molecule has 1 heterocycles. The third kappa shape index (κ3) is 1.96. The van der Waals surface area contributed by atoms with E-state index in [9.17, 15) is 0 Å². The van der Waals surface area contributed by atoms with E-state index in [1.807, 2.05) is 18.2 Å². The largest absolute Gasteiger partial charge is 0.455 e. The maximum Gasteiger partial charge on any atom is 0.145 e. The zero-order valence-electron chi connectivity index (χ0n) is 16.3. The van der Waals surface area contributed by atoms with Crippen LogP contribution in [0.4, 0.5) is 0 Å². The number of fused-ring (bicyclic) bond motifs is 11. The molecule has 0 N–H and O–H groups in total. The van der Waals surface area contributed by atoms with Gasteiger partial charge in [0.15, 0.2) is 0 Å². The Morgan fingerprint density at radius 1 is 0.700 bits per heavy atom. The van der Waals surface area contributed by atoms with Gasteiger partial charge in [-0.3, -0.25) is 0 Å². The fourth-order valence-electron chi connectivity index (χ4n) is 6.12. The van der Waals surface area contributed by atoms with E-state index in [0.29, 0.717) is 0 Å². The average molecular weight is 429 g/mol. The molecular weight excluding hydrogens is 411 g/mol. The van der Waals surface area contributed by atoms with Crippen LogP contribution in [0.3, 0.4) is 0 Å². The summed E-state index contributed by atoms with van der Waals surface area (Å²) in [7, 11) is 0. The van der Waals surface area contributed by atoms with Crippen molar-refractivity contribution in [3.63, 3.8) is 0 Å². The van der Waals surface area contributed by atoms with Crippen molar-refractivity contribution in [3.8, 4) is 11.1 Å². The van der Waals surface area contributed by atoms with Gasteiger partial charge in [-0.2, -0.15) is 0 Å². The van der Waals surface area contributed by atoms with Gasteiger partial charge in [0.2, 0.25) is 0 Å². The standard InChI is InChI=1S/C27H18Cl2O/c28-20-13-18-23(16-8-2-1-7-15(16)20)25-19(27(18)11-5-6-12-27)14-21(29)24-17-9-3-4-10-22(17)30-26(24)25/h1-4,7-10,13-14H,5-6,11-12H2. The van der Waals surface area contributed by atoms with Crippen LogP contribution in [-0.4, -0.2) is 0 Å². The smallest absolute Gasteiger partial charge is 0.145 e. The summed E-state index contributed by atoms with van der Waals surface area (Å²) in [4.78, 5) is 0. The van der Waals surface area contributed by atoms with Crippen LogP contribution < -0.4 is 0 Å². The molecule has 0 atom stereocenters. The molecule has 0 bridgehead atoms. The fourth-order valence-corrected chi connectivity index (χ4v) is 6.69. The molecule has 0 amide bonds. The minimum absolute atomic E-state index is 0.0187. The lowest BCUT2D eigenvalue weighted by atomic mass is 9.76. The Kier molecular flexibility index (Phi) is 3.34. The average Bonchev–Trinajstić information content (AvgIpc) is 3.46.